The molecule has 33 heavy (non-hydrogen) atoms. The summed E-state index contributed by atoms with van der Waals surface area (Å²) >= 11 is 1.72. The Balaban J connectivity index is 3.49. The monoisotopic (exact) mass is 486 g/mol. The highest BCUT2D eigenvalue weighted by Crippen LogP contribution is 2.09. The predicted octanol–water partition coefficient (Wildman–Crippen LogP) is 6.44. The van der Waals surface area contributed by atoms with Gasteiger partial charge in [-0.25, -0.2) is 0 Å². The van der Waals surface area contributed by atoms with Crippen molar-refractivity contribution >= 4 is 29.5 Å². The first kappa shape index (κ1) is 31.8. The lowest BCUT2D eigenvalue weighted by Crippen LogP contribution is -2.16. The molecule has 0 amide bonds. The van der Waals surface area contributed by atoms with Gasteiger partial charge in [0.1, 0.15) is 6.54 Å². The lowest BCUT2D eigenvalue weighted by Gasteiger charge is -2.06. The number of carbonyl (C=O) groups excluding carboxylic acids is 2. The summed E-state index contributed by atoms with van der Waals surface area (Å²) in [5, 5.41) is 0. The molecule has 0 heterocycles. The molecule has 0 aromatic rings. The van der Waals surface area contributed by atoms with E-state index in [1.54, 1.807) is 11.8 Å². The number of aliphatic imine (C=N–C) groups is 1. The number of ether oxygens (including phenoxy) is 2. The van der Waals surface area contributed by atoms with Crippen LogP contribution in [0.2, 0.25) is 0 Å². The van der Waals surface area contributed by atoms with Gasteiger partial charge < -0.3 is 15.2 Å². The van der Waals surface area contributed by atoms with Crippen molar-refractivity contribution in [2.24, 2.45) is 10.7 Å². The molecule has 0 aliphatic carbocycles. The van der Waals surface area contributed by atoms with Gasteiger partial charge in [-0.3, -0.25) is 14.6 Å². The summed E-state index contributed by atoms with van der Waals surface area (Å²) in [5.74, 6) is 1.74. The van der Waals surface area contributed by atoms with E-state index in [2.05, 4.69) is 18.8 Å². The minimum Gasteiger partial charge on any atom is -0.466 e. The number of hydrogen-bond acceptors (Lipinski definition) is 6. The van der Waals surface area contributed by atoms with Crippen LogP contribution in [0.5, 0.6) is 0 Å². The number of esters is 2. The maximum absolute atomic E-state index is 11.7. The van der Waals surface area contributed by atoms with Gasteiger partial charge in [-0.05, 0) is 25.0 Å². The molecular formula is C26H50N2O4S. The number of carbonyl (C=O) groups is 2. The van der Waals surface area contributed by atoms with Crippen molar-refractivity contribution < 1.29 is 19.1 Å². The zero-order chi connectivity index (χ0) is 24.4. The molecule has 0 rings (SSSR count). The Bertz CT molecular complexity index is 501. The predicted molar refractivity (Wildman–Crippen MR) is 141 cm³/mol. The van der Waals surface area contributed by atoms with E-state index in [0.29, 0.717) is 31.9 Å². The van der Waals surface area contributed by atoms with Crippen LogP contribution in [-0.2, 0) is 19.1 Å². The quantitative estimate of drug-likeness (QED) is 0.0730. The second kappa shape index (κ2) is 25.4. The largest absolute Gasteiger partial charge is 0.466 e. The maximum atomic E-state index is 11.7. The van der Waals surface area contributed by atoms with Gasteiger partial charge in [0.2, 0.25) is 0 Å². The first-order valence-electron chi connectivity index (χ1n) is 13.3. The second-order valence-corrected chi connectivity index (χ2v) is 9.83. The molecular weight excluding hydrogens is 436 g/mol. The molecule has 0 aromatic carbocycles. The summed E-state index contributed by atoms with van der Waals surface area (Å²) < 4.78 is 10.5. The van der Waals surface area contributed by atoms with Crippen LogP contribution in [0.15, 0.2) is 4.99 Å². The Morgan fingerprint density at radius 3 is 1.76 bits per heavy atom. The van der Waals surface area contributed by atoms with Crippen LogP contribution in [0, 0.1) is 0 Å². The average molecular weight is 487 g/mol. The summed E-state index contributed by atoms with van der Waals surface area (Å²) in [7, 11) is 0. The van der Waals surface area contributed by atoms with E-state index < -0.39 is 0 Å². The molecule has 0 aromatic heterocycles. The summed E-state index contributed by atoms with van der Waals surface area (Å²) in [4.78, 5) is 27.6. The number of thioether (sulfide) groups is 1. The fourth-order valence-electron chi connectivity index (χ4n) is 3.29. The van der Waals surface area contributed by atoms with Crippen LogP contribution >= 0.6 is 11.8 Å². The Kier molecular flexibility index (Phi) is 24.4. The average Bonchev–Trinajstić information content (AvgIpc) is 2.81. The highest BCUT2D eigenvalue weighted by molar-refractivity contribution is 7.99. The van der Waals surface area contributed by atoms with Gasteiger partial charge in [-0.1, -0.05) is 84.5 Å². The Hall–Kier alpha value is -1.24. The lowest BCUT2D eigenvalue weighted by molar-refractivity contribution is -0.143. The maximum Gasteiger partial charge on any atom is 0.327 e. The van der Waals surface area contributed by atoms with E-state index in [4.69, 9.17) is 15.2 Å². The van der Waals surface area contributed by atoms with Crippen molar-refractivity contribution in [2.45, 2.75) is 117 Å². The van der Waals surface area contributed by atoms with E-state index in [9.17, 15) is 9.59 Å². The molecule has 0 spiro atoms. The molecule has 0 saturated carbocycles. The molecule has 0 aliphatic rings. The number of nitrogens with two attached hydrogens (primary N) is 1. The summed E-state index contributed by atoms with van der Waals surface area (Å²) in [5.41, 5.74) is 5.88. The first-order chi connectivity index (χ1) is 16.1. The molecule has 0 atom stereocenters. The molecule has 0 unspecified atom stereocenters. The third-order valence-electron chi connectivity index (χ3n) is 5.36. The van der Waals surface area contributed by atoms with Gasteiger partial charge in [0.05, 0.1) is 25.5 Å². The molecule has 0 radical (unpaired) electrons. The highest BCUT2D eigenvalue weighted by atomic mass is 32.2. The topological polar surface area (TPSA) is 91.0 Å². The number of unbranched alkanes of at least 4 members (excludes halogenated alkanes) is 11. The SMILES string of the molecule is CCCCCCCCCOC(=O)CCSCCCC(N)=NCC(=O)OCCCCCCCC. The molecule has 0 fully saturated rings. The fraction of sp³-hybridized carbons (Fsp3) is 0.885. The van der Waals surface area contributed by atoms with E-state index in [-0.39, 0.29) is 18.5 Å². The smallest absolute Gasteiger partial charge is 0.327 e. The van der Waals surface area contributed by atoms with E-state index >= 15 is 0 Å². The van der Waals surface area contributed by atoms with Crippen LogP contribution < -0.4 is 5.73 Å². The molecule has 194 valence electrons. The summed E-state index contributed by atoms with van der Waals surface area (Å²) in [6.07, 6.45) is 17.5. The molecule has 0 bridgehead atoms. The summed E-state index contributed by atoms with van der Waals surface area (Å²) in [6, 6.07) is 0. The molecule has 7 heteroatoms. The van der Waals surface area contributed by atoms with Crippen molar-refractivity contribution in [1.29, 1.82) is 0 Å². The lowest BCUT2D eigenvalue weighted by atomic mass is 10.1. The van der Waals surface area contributed by atoms with Crippen LogP contribution in [0.1, 0.15) is 117 Å². The van der Waals surface area contributed by atoms with Crippen molar-refractivity contribution in [2.75, 3.05) is 31.3 Å². The summed E-state index contributed by atoms with van der Waals surface area (Å²) in [6.45, 7) is 5.44. The second-order valence-electron chi connectivity index (χ2n) is 8.60. The zero-order valence-electron chi connectivity index (χ0n) is 21.4. The van der Waals surface area contributed by atoms with Crippen LogP contribution in [0.3, 0.4) is 0 Å². The number of rotatable bonds is 24. The minimum atomic E-state index is -0.309. The third-order valence-corrected chi connectivity index (χ3v) is 6.43. The fourth-order valence-corrected chi connectivity index (χ4v) is 4.15. The zero-order valence-corrected chi connectivity index (χ0v) is 22.2. The van der Waals surface area contributed by atoms with Crippen LogP contribution in [0.25, 0.3) is 0 Å². The Morgan fingerprint density at radius 2 is 1.18 bits per heavy atom. The standard InChI is InChI=1S/C26H50N2O4S/c1-3-5-7-9-11-13-14-19-31-25(29)18-22-33-21-16-17-24(27)28-23-26(30)32-20-15-12-10-8-6-4-2/h3-23H2,1-2H3,(H2,27,28). The van der Waals surface area contributed by atoms with Crippen molar-refractivity contribution in [1.82, 2.24) is 0 Å². The molecule has 2 N–H and O–H groups in total. The number of nitrogens with zero attached hydrogens (tertiary/aromatic N) is 1. The number of hydrogen-bond donors (Lipinski definition) is 1. The molecule has 6 nitrogen and oxygen atoms in total. The normalized spacial score (nSPS) is 11.5. The third kappa shape index (κ3) is 25.2. The van der Waals surface area contributed by atoms with Crippen molar-refractivity contribution in [3.63, 3.8) is 0 Å². The highest BCUT2D eigenvalue weighted by Gasteiger charge is 2.04. The van der Waals surface area contributed by atoms with Crippen molar-refractivity contribution in [3.05, 3.63) is 0 Å². The first-order valence-corrected chi connectivity index (χ1v) is 14.4. The van der Waals surface area contributed by atoms with Crippen LogP contribution in [-0.4, -0.2) is 49.0 Å². The van der Waals surface area contributed by atoms with Gasteiger partial charge in [0.15, 0.2) is 0 Å². The number of amidine groups is 1. The van der Waals surface area contributed by atoms with Crippen LogP contribution in [0.4, 0.5) is 0 Å². The molecule has 0 aliphatic heterocycles. The van der Waals surface area contributed by atoms with Crippen molar-refractivity contribution in [3.8, 4) is 0 Å². The van der Waals surface area contributed by atoms with E-state index in [0.717, 1.165) is 43.6 Å². The molecule has 0 saturated heterocycles. The van der Waals surface area contributed by atoms with E-state index in [1.165, 1.54) is 57.8 Å². The Labute approximate surface area is 207 Å². The van der Waals surface area contributed by atoms with Gasteiger partial charge in [0, 0.05) is 12.2 Å². The van der Waals surface area contributed by atoms with Gasteiger partial charge in [0.25, 0.3) is 0 Å². The minimum absolute atomic E-state index is 0.000604. The van der Waals surface area contributed by atoms with Gasteiger partial charge in [-0.2, -0.15) is 11.8 Å². The van der Waals surface area contributed by atoms with E-state index in [1.807, 2.05) is 0 Å². The van der Waals surface area contributed by atoms with Gasteiger partial charge in [-0.15, -0.1) is 0 Å². The van der Waals surface area contributed by atoms with Gasteiger partial charge >= 0.3 is 11.9 Å². The Morgan fingerprint density at radius 1 is 0.667 bits per heavy atom.